The molecule has 3 heterocycles. The van der Waals surface area contributed by atoms with Crippen LogP contribution in [-0.4, -0.2) is 49.3 Å². The summed E-state index contributed by atoms with van der Waals surface area (Å²) in [4.78, 5) is 12.9. The fraction of sp³-hybridized carbons (Fsp3) is 0.650. The Morgan fingerprint density at radius 1 is 1.21 bits per heavy atom. The molecule has 1 amide bonds. The maximum atomic E-state index is 12.8. The van der Waals surface area contributed by atoms with Gasteiger partial charge in [-0.3, -0.25) is 4.79 Å². The van der Waals surface area contributed by atoms with Crippen LogP contribution in [-0.2, 0) is 21.2 Å². The minimum absolute atomic E-state index is 0.0300. The first-order chi connectivity index (χ1) is 13.4. The highest BCUT2D eigenvalue weighted by Gasteiger charge is 2.38. The number of piperidine rings is 1. The van der Waals surface area contributed by atoms with Crippen LogP contribution in [0.5, 0.6) is 0 Å². The van der Waals surface area contributed by atoms with Crippen molar-refractivity contribution in [2.75, 3.05) is 13.1 Å². The van der Waals surface area contributed by atoms with E-state index < -0.39 is 9.84 Å². The van der Waals surface area contributed by atoms with Gasteiger partial charge in [-0.25, -0.2) is 8.42 Å². The lowest BCUT2D eigenvalue weighted by molar-refractivity contribution is -0.123. The molecule has 3 fully saturated rings. The summed E-state index contributed by atoms with van der Waals surface area (Å²) in [5.74, 6) is 0.563. The van der Waals surface area contributed by atoms with E-state index in [0.717, 1.165) is 44.3 Å². The summed E-state index contributed by atoms with van der Waals surface area (Å²) in [6.07, 6.45) is 3.62. The average Bonchev–Trinajstić information content (AvgIpc) is 3.33. The second-order valence-corrected chi connectivity index (χ2v) is 12.2. The molecule has 0 saturated carbocycles. The quantitative estimate of drug-likeness (QED) is 0.668. The van der Waals surface area contributed by atoms with Crippen LogP contribution in [0.3, 0.4) is 0 Å². The molecule has 1 aromatic carbocycles. The van der Waals surface area contributed by atoms with Crippen molar-refractivity contribution >= 4 is 27.5 Å². The maximum absolute atomic E-state index is 12.8. The van der Waals surface area contributed by atoms with Crippen molar-refractivity contribution in [3.8, 4) is 0 Å². The maximum Gasteiger partial charge on any atom is 0.237 e. The molecule has 3 aliphatic heterocycles. The van der Waals surface area contributed by atoms with Gasteiger partial charge in [0.15, 0.2) is 9.84 Å². The number of hydrogen-bond donors (Lipinski definition) is 3. The summed E-state index contributed by atoms with van der Waals surface area (Å²) in [5, 5.41) is 10.2. The van der Waals surface area contributed by atoms with Crippen LogP contribution in [0, 0.1) is 5.92 Å². The van der Waals surface area contributed by atoms with Crippen molar-refractivity contribution in [3.05, 3.63) is 29.8 Å². The smallest absolute Gasteiger partial charge is 0.237 e. The molecule has 154 valence electrons. The van der Waals surface area contributed by atoms with Gasteiger partial charge in [-0.1, -0.05) is 19.1 Å². The first-order valence-corrected chi connectivity index (χ1v) is 12.6. The highest BCUT2D eigenvalue weighted by molar-refractivity contribution is 8.14. The number of thioether (sulfide) groups is 1. The third kappa shape index (κ3) is 4.25. The van der Waals surface area contributed by atoms with E-state index in [4.69, 9.17) is 0 Å². The van der Waals surface area contributed by atoms with E-state index in [9.17, 15) is 13.2 Å². The van der Waals surface area contributed by atoms with Crippen molar-refractivity contribution < 1.29 is 13.2 Å². The first-order valence-electron chi connectivity index (χ1n) is 10.2. The van der Waals surface area contributed by atoms with Crippen LogP contribution >= 0.6 is 11.8 Å². The zero-order chi connectivity index (χ0) is 19.7. The number of carbonyl (C=O) groups excluding carboxylic acids is 1. The molecule has 6 nitrogen and oxygen atoms in total. The van der Waals surface area contributed by atoms with Gasteiger partial charge in [-0.15, -0.1) is 11.8 Å². The minimum atomic E-state index is -3.29. The molecule has 5 atom stereocenters. The van der Waals surface area contributed by atoms with E-state index in [2.05, 4.69) is 22.9 Å². The Bertz CT molecular complexity index is 798. The number of nitrogens with one attached hydrogen (secondary N) is 3. The van der Waals surface area contributed by atoms with Gasteiger partial charge < -0.3 is 16.0 Å². The van der Waals surface area contributed by atoms with Crippen molar-refractivity contribution in [2.45, 2.75) is 66.0 Å². The highest BCUT2D eigenvalue weighted by atomic mass is 32.3. The molecule has 0 bridgehead atoms. The van der Waals surface area contributed by atoms with E-state index in [1.165, 1.54) is 0 Å². The van der Waals surface area contributed by atoms with Crippen LogP contribution in [0.1, 0.15) is 38.2 Å². The largest absolute Gasteiger partial charge is 0.351 e. The summed E-state index contributed by atoms with van der Waals surface area (Å²) >= 11 is 1.55. The predicted molar refractivity (Wildman–Crippen MR) is 112 cm³/mol. The third-order valence-electron chi connectivity index (χ3n) is 6.14. The molecule has 0 aromatic heterocycles. The second kappa shape index (κ2) is 8.34. The van der Waals surface area contributed by atoms with Crippen LogP contribution in [0.15, 0.2) is 29.2 Å². The summed E-state index contributed by atoms with van der Waals surface area (Å²) in [5.41, 5.74) is 0.914. The van der Waals surface area contributed by atoms with Crippen LogP contribution < -0.4 is 16.0 Å². The number of rotatable bonds is 5. The minimum Gasteiger partial charge on any atom is -0.351 e. The molecule has 3 N–H and O–H groups in total. The molecule has 3 saturated heterocycles. The molecule has 5 unspecified atom stereocenters. The van der Waals surface area contributed by atoms with E-state index in [1.807, 2.05) is 12.1 Å². The van der Waals surface area contributed by atoms with Crippen LogP contribution in [0.2, 0.25) is 0 Å². The number of carbonyl (C=O) groups is 1. The summed E-state index contributed by atoms with van der Waals surface area (Å²) in [7, 11) is -3.29. The van der Waals surface area contributed by atoms with Crippen molar-refractivity contribution in [2.24, 2.45) is 5.92 Å². The van der Waals surface area contributed by atoms with Gasteiger partial charge in [0, 0.05) is 17.8 Å². The lowest BCUT2D eigenvalue weighted by Crippen LogP contribution is -2.45. The van der Waals surface area contributed by atoms with Crippen molar-refractivity contribution in [1.82, 2.24) is 16.0 Å². The zero-order valence-corrected chi connectivity index (χ0v) is 17.8. The number of benzene rings is 1. The molecule has 0 aliphatic carbocycles. The Morgan fingerprint density at radius 3 is 2.68 bits per heavy atom. The zero-order valence-electron chi connectivity index (χ0n) is 16.2. The van der Waals surface area contributed by atoms with Gasteiger partial charge in [-0.05, 0) is 62.4 Å². The number of amides is 1. The van der Waals surface area contributed by atoms with Gasteiger partial charge in [0.2, 0.25) is 5.91 Å². The summed E-state index contributed by atoms with van der Waals surface area (Å²) in [6, 6.07) is 7.28. The van der Waals surface area contributed by atoms with E-state index >= 15 is 0 Å². The lowest BCUT2D eigenvalue weighted by atomic mass is 9.94. The third-order valence-corrected chi connectivity index (χ3v) is 10.3. The highest BCUT2D eigenvalue weighted by Crippen LogP contribution is 2.39. The molecule has 3 aliphatic rings. The Balaban J connectivity index is 1.32. The van der Waals surface area contributed by atoms with E-state index in [0.29, 0.717) is 28.6 Å². The van der Waals surface area contributed by atoms with Gasteiger partial charge in [-0.2, -0.15) is 0 Å². The Kier molecular flexibility index (Phi) is 6.01. The predicted octanol–water partition coefficient (Wildman–Crippen LogP) is 1.66. The molecule has 28 heavy (non-hydrogen) atoms. The molecule has 0 spiro atoms. The van der Waals surface area contributed by atoms with Crippen molar-refractivity contribution in [1.29, 1.82) is 0 Å². The van der Waals surface area contributed by atoms with Gasteiger partial charge >= 0.3 is 0 Å². The molecule has 8 heteroatoms. The molecule has 0 radical (unpaired) electrons. The average molecular weight is 424 g/mol. The normalized spacial score (nSPS) is 32.8. The Labute approximate surface area is 171 Å². The molecule has 4 rings (SSSR count). The molecular weight excluding hydrogens is 394 g/mol. The molecule has 1 aromatic rings. The summed E-state index contributed by atoms with van der Waals surface area (Å²) in [6.45, 7) is 4.49. The summed E-state index contributed by atoms with van der Waals surface area (Å²) < 4.78 is 25.2. The van der Waals surface area contributed by atoms with Gasteiger partial charge in [0.25, 0.3) is 0 Å². The van der Waals surface area contributed by atoms with Gasteiger partial charge in [0.1, 0.15) is 4.58 Å². The number of fused-ring (bicyclic) bond motifs is 1. The molecular formula is C20H29N3O3S2. The fourth-order valence-electron chi connectivity index (χ4n) is 4.46. The van der Waals surface area contributed by atoms with Crippen LogP contribution in [0.4, 0.5) is 0 Å². The topological polar surface area (TPSA) is 87.3 Å². The van der Waals surface area contributed by atoms with Crippen molar-refractivity contribution in [3.63, 3.8) is 0 Å². The monoisotopic (exact) mass is 423 g/mol. The Morgan fingerprint density at radius 2 is 2.00 bits per heavy atom. The lowest BCUT2D eigenvalue weighted by Gasteiger charge is -2.25. The SMILES string of the molecule is CC1CCC(S(=O)(=O)c2ccc(CNC(=O)C3CC4CNCCC4N3)cc2)S1. The Hall–Kier alpha value is -1.09. The number of sulfone groups is 1. The standard InChI is InChI=1S/C20H29N3O3S2/c1-13-2-7-19(27-13)28(25,26)16-5-3-14(4-6-16)11-22-20(24)18-10-15-12-21-9-8-17(15)23-18/h3-6,13,15,17-19,21,23H,2,7-12H2,1H3,(H,22,24). The first kappa shape index (κ1) is 20.2. The van der Waals surface area contributed by atoms with E-state index in [-0.39, 0.29) is 16.5 Å². The fourth-order valence-corrected chi connectivity index (χ4v) is 8.27. The number of hydrogen-bond acceptors (Lipinski definition) is 6. The van der Waals surface area contributed by atoms with Crippen LogP contribution in [0.25, 0.3) is 0 Å². The second-order valence-electron chi connectivity index (χ2n) is 8.17. The van der Waals surface area contributed by atoms with Gasteiger partial charge in [0.05, 0.1) is 10.9 Å². The van der Waals surface area contributed by atoms with E-state index in [1.54, 1.807) is 23.9 Å².